The zero-order chi connectivity index (χ0) is 14.3. The van der Waals surface area contributed by atoms with Crippen LogP contribution in [0.3, 0.4) is 0 Å². The Labute approximate surface area is 116 Å². The standard InChI is InChI=1S/C16H24O3/c1-6-16(4,5)19-18-15(17-7-2)13(3)14-11-9-8-10-12-14/h8-12,15H,3,6-7H2,1-2,4-5H3. The van der Waals surface area contributed by atoms with E-state index in [1.165, 1.54) is 0 Å². The van der Waals surface area contributed by atoms with Gasteiger partial charge in [0.05, 0.1) is 5.60 Å². The molecule has 1 rings (SSSR count). The molecular weight excluding hydrogens is 240 g/mol. The van der Waals surface area contributed by atoms with Gasteiger partial charge in [0.1, 0.15) is 0 Å². The lowest BCUT2D eigenvalue weighted by Crippen LogP contribution is -2.28. The van der Waals surface area contributed by atoms with E-state index in [9.17, 15) is 0 Å². The van der Waals surface area contributed by atoms with Gasteiger partial charge in [0, 0.05) is 12.2 Å². The van der Waals surface area contributed by atoms with Crippen LogP contribution >= 0.6 is 0 Å². The summed E-state index contributed by atoms with van der Waals surface area (Å²) in [5.41, 5.74) is 1.40. The molecule has 0 saturated heterocycles. The fourth-order valence-corrected chi connectivity index (χ4v) is 1.36. The molecule has 0 heterocycles. The highest BCUT2D eigenvalue weighted by atomic mass is 17.2. The Balaban J connectivity index is 2.69. The maximum absolute atomic E-state index is 5.55. The zero-order valence-corrected chi connectivity index (χ0v) is 12.3. The maximum Gasteiger partial charge on any atom is 0.217 e. The summed E-state index contributed by atoms with van der Waals surface area (Å²) in [7, 11) is 0. The van der Waals surface area contributed by atoms with Crippen molar-refractivity contribution >= 4 is 5.57 Å². The molecule has 1 aromatic carbocycles. The normalized spacial score (nSPS) is 13.3. The van der Waals surface area contributed by atoms with Crippen LogP contribution in [0, 0.1) is 0 Å². The minimum absolute atomic E-state index is 0.341. The molecule has 0 spiro atoms. The molecule has 3 nitrogen and oxygen atoms in total. The second kappa shape index (κ2) is 7.43. The fraction of sp³-hybridized carbons (Fsp3) is 0.500. The van der Waals surface area contributed by atoms with Crippen LogP contribution in [0.1, 0.15) is 39.7 Å². The summed E-state index contributed by atoms with van der Waals surface area (Å²) in [5, 5.41) is 0. The number of benzene rings is 1. The molecule has 0 aromatic heterocycles. The first-order valence-electron chi connectivity index (χ1n) is 6.70. The van der Waals surface area contributed by atoms with Crippen LogP contribution in [-0.2, 0) is 14.5 Å². The summed E-state index contributed by atoms with van der Waals surface area (Å²) in [6.45, 7) is 12.5. The van der Waals surface area contributed by atoms with E-state index in [-0.39, 0.29) is 5.60 Å². The van der Waals surface area contributed by atoms with Gasteiger partial charge in [-0.1, -0.05) is 43.8 Å². The Morgan fingerprint density at radius 2 is 1.84 bits per heavy atom. The second-order valence-corrected chi connectivity index (χ2v) is 4.97. The summed E-state index contributed by atoms with van der Waals surface area (Å²) in [6.07, 6.45) is 0.266. The third kappa shape index (κ3) is 5.15. The highest BCUT2D eigenvalue weighted by molar-refractivity contribution is 5.65. The summed E-state index contributed by atoms with van der Waals surface area (Å²) in [4.78, 5) is 10.9. The van der Waals surface area contributed by atoms with Crippen molar-refractivity contribution in [1.82, 2.24) is 0 Å². The topological polar surface area (TPSA) is 27.7 Å². The van der Waals surface area contributed by atoms with Crippen LogP contribution < -0.4 is 0 Å². The number of hydrogen-bond acceptors (Lipinski definition) is 3. The van der Waals surface area contributed by atoms with E-state index in [1.807, 2.05) is 58.0 Å². The molecule has 1 atom stereocenters. The van der Waals surface area contributed by atoms with Crippen molar-refractivity contribution < 1.29 is 14.5 Å². The average molecular weight is 264 g/mol. The van der Waals surface area contributed by atoms with Crippen molar-refractivity contribution in [1.29, 1.82) is 0 Å². The van der Waals surface area contributed by atoms with E-state index in [4.69, 9.17) is 14.5 Å². The summed E-state index contributed by atoms with van der Waals surface area (Å²) in [5.74, 6) is 0. The van der Waals surface area contributed by atoms with E-state index >= 15 is 0 Å². The van der Waals surface area contributed by atoms with Crippen molar-refractivity contribution in [3.63, 3.8) is 0 Å². The van der Waals surface area contributed by atoms with Gasteiger partial charge in [-0.05, 0) is 32.8 Å². The average Bonchev–Trinajstić information content (AvgIpc) is 2.43. The van der Waals surface area contributed by atoms with E-state index in [2.05, 4.69) is 6.58 Å². The lowest BCUT2D eigenvalue weighted by atomic mass is 10.1. The quantitative estimate of drug-likeness (QED) is 0.400. The first kappa shape index (κ1) is 15.9. The van der Waals surface area contributed by atoms with Crippen LogP contribution in [0.5, 0.6) is 0 Å². The van der Waals surface area contributed by atoms with E-state index in [1.54, 1.807) is 0 Å². The number of hydrogen-bond donors (Lipinski definition) is 0. The third-order valence-electron chi connectivity index (χ3n) is 2.96. The summed E-state index contributed by atoms with van der Waals surface area (Å²) < 4.78 is 5.55. The van der Waals surface area contributed by atoms with Crippen molar-refractivity contribution in [2.75, 3.05) is 6.61 Å². The monoisotopic (exact) mass is 264 g/mol. The van der Waals surface area contributed by atoms with Crippen LogP contribution in [0.4, 0.5) is 0 Å². The fourth-order valence-electron chi connectivity index (χ4n) is 1.36. The second-order valence-electron chi connectivity index (χ2n) is 4.97. The van der Waals surface area contributed by atoms with Gasteiger partial charge in [-0.3, -0.25) is 0 Å². The predicted octanol–water partition coefficient (Wildman–Crippen LogP) is 4.20. The first-order chi connectivity index (χ1) is 9.00. The van der Waals surface area contributed by atoms with Gasteiger partial charge in [0.2, 0.25) is 6.29 Å². The molecule has 1 unspecified atom stereocenters. The Morgan fingerprint density at radius 3 is 2.37 bits per heavy atom. The molecule has 19 heavy (non-hydrogen) atoms. The van der Waals surface area contributed by atoms with Gasteiger partial charge < -0.3 is 4.74 Å². The molecule has 1 aromatic rings. The van der Waals surface area contributed by atoms with Gasteiger partial charge in [-0.15, -0.1) is 0 Å². The molecule has 0 aliphatic carbocycles. The lowest BCUT2D eigenvalue weighted by molar-refractivity contribution is -0.404. The van der Waals surface area contributed by atoms with Crippen molar-refractivity contribution in [2.45, 2.75) is 46.0 Å². The Morgan fingerprint density at radius 1 is 1.21 bits per heavy atom. The van der Waals surface area contributed by atoms with E-state index in [0.29, 0.717) is 6.61 Å². The predicted molar refractivity (Wildman–Crippen MR) is 77.4 cm³/mol. The van der Waals surface area contributed by atoms with Crippen molar-refractivity contribution in [3.8, 4) is 0 Å². The molecule has 0 aliphatic heterocycles. The molecule has 3 heteroatoms. The maximum atomic E-state index is 5.55. The van der Waals surface area contributed by atoms with E-state index in [0.717, 1.165) is 17.6 Å². The van der Waals surface area contributed by atoms with Crippen molar-refractivity contribution in [3.05, 3.63) is 42.5 Å². The Bertz CT molecular complexity index is 384. The minimum Gasteiger partial charge on any atom is -0.346 e. The lowest BCUT2D eigenvalue weighted by Gasteiger charge is -2.26. The van der Waals surface area contributed by atoms with E-state index < -0.39 is 6.29 Å². The molecule has 0 amide bonds. The Hall–Kier alpha value is -1.16. The summed E-state index contributed by atoms with van der Waals surface area (Å²) in [6, 6.07) is 9.83. The molecule has 0 N–H and O–H groups in total. The van der Waals surface area contributed by atoms with Crippen LogP contribution in [0.2, 0.25) is 0 Å². The van der Waals surface area contributed by atoms with Crippen molar-refractivity contribution in [2.24, 2.45) is 0 Å². The highest BCUT2D eigenvalue weighted by Gasteiger charge is 2.22. The Kier molecular flexibility index (Phi) is 6.22. The molecule has 0 saturated carbocycles. The van der Waals surface area contributed by atoms with Gasteiger partial charge in [0.25, 0.3) is 0 Å². The largest absolute Gasteiger partial charge is 0.346 e. The molecule has 106 valence electrons. The van der Waals surface area contributed by atoms with Crippen LogP contribution in [-0.4, -0.2) is 18.5 Å². The molecule has 0 radical (unpaired) electrons. The SMILES string of the molecule is C=C(c1ccccc1)C(OCC)OOC(C)(C)CC. The third-order valence-corrected chi connectivity index (χ3v) is 2.96. The zero-order valence-electron chi connectivity index (χ0n) is 12.3. The van der Waals surface area contributed by atoms with Gasteiger partial charge >= 0.3 is 0 Å². The number of rotatable bonds is 8. The highest BCUT2D eigenvalue weighted by Crippen LogP contribution is 2.23. The molecule has 0 fully saturated rings. The minimum atomic E-state index is -0.585. The van der Waals surface area contributed by atoms with Crippen LogP contribution in [0.25, 0.3) is 5.57 Å². The number of ether oxygens (including phenoxy) is 1. The summed E-state index contributed by atoms with van der Waals surface area (Å²) >= 11 is 0. The first-order valence-corrected chi connectivity index (χ1v) is 6.70. The van der Waals surface area contributed by atoms with Gasteiger partial charge in [0.15, 0.2) is 0 Å². The molecular formula is C16H24O3. The smallest absolute Gasteiger partial charge is 0.217 e. The van der Waals surface area contributed by atoms with Gasteiger partial charge in [-0.25, -0.2) is 4.89 Å². The van der Waals surface area contributed by atoms with Crippen LogP contribution in [0.15, 0.2) is 36.9 Å². The molecule has 0 bridgehead atoms. The van der Waals surface area contributed by atoms with Gasteiger partial charge in [-0.2, -0.15) is 4.89 Å². The molecule has 0 aliphatic rings.